The van der Waals surface area contributed by atoms with Crippen LogP contribution in [0.3, 0.4) is 0 Å². The number of carbonyl (C=O) groups excluding carboxylic acids is 1. The van der Waals surface area contributed by atoms with Crippen molar-refractivity contribution in [1.29, 1.82) is 0 Å². The van der Waals surface area contributed by atoms with Crippen LogP contribution in [0.4, 0.5) is 0 Å². The maximum Gasteiger partial charge on any atom is 0.244 e. The number of aryl methyl sites for hydroxylation is 1. The van der Waals surface area contributed by atoms with Gasteiger partial charge in [0.1, 0.15) is 5.54 Å². The molecule has 1 fully saturated rings. The Kier molecular flexibility index (Phi) is 5.78. The summed E-state index contributed by atoms with van der Waals surface area (Å²) in [6, 6.07) is 5.55. The van der Waals surface area contributed by atoms with Gasteiger partial charge in [0.2, 0.25) is 11.8 Å². The Hall–Kier alpha value is -2.83. The molecule has 27 heavy (non-hydrogen) atoms. The van der Waals surface area contributed by atoms with E-state index in [1.807, 2.05) is 25.1 Å². The normalized spacial score (nSPS) is 15.8. The molecule has 1 aromatic carbocycles. The number of benzene rings is 1. The third-order valence-electron chi connectivity index (χ3n) is 4.69. The smallest absolute Gasteiger partial charge is 0.244 e. The Bertz CT molecular complexity index is 822. The van der Waals surface area contributed by atoms with Gasteiger partial charge in [-0.05, 0) is 43.5 Å². The van der Waals surface area contributed by atoms with E-state index in [1.165, 1.54) is 6.08 Å². The molecule has 7 nitrogen and oxygen atoms in total. The summed E-state index contributed by atoms with van der Waals surface area (Å²) in [4.78, 5) is 16.9. The van der Waals surface area contributed by atoms with Crippen molar-refractivity contribution >= 4 is 12.0 Å². The molecule has 0 spiro atoms. The quantitative estimate of drug-likeness (QED) is 0.751. The zero-order chi connectivity index (χ0) is 19.3. The van der Waals surface area contributed by atoms with Crippen molar-refractivity contribution in [3.05, 3.63) is 41.6 Å². The van der Waals surface area contributed by atoms with Crippen LogP contribution in [0.15, 0.2) is 28.8 Å². The summed E-state index contributed by atoms with van der Waals surface area (Å²) in [6.45, 7) is 4.23. The van der Waals surface area contributed by atoms with Gasteiger partial charge in [-0.15, -0.1) is 0 Å². The fourth-order valence-corrected chi connectivity index (χ4v) is 3.39. The zero-order valence-corrected chi connectivity index (χ0v) is 15.9. The highest BCUT2D eigenvalue weighted by Gasteiger charge is 2.40. The van der Waals surface area contributed by atoms with Crippen molar-refractivity contribution in [3.63, 3.8) is 0 Å². The number of aromatic nitrogens is 2. The Morgan fingerprint density at radius 1 is 1.33 bits per heavy atom. The molecule has 0 saturated heterocycles. The van der Waals surface area contributed by atoms with E-state index in [2.05, 4.69) is 15.5 Å². The summed E-state index contributed by atoms with van der Waals surface area (Å²) < 4.78 is 16.0. The third-order valence-corrected chi connectivity index (χ3v) is 4.69. The predicted octanol–water partition coefficient (Wildman–Crippen LogP) is 3.38. The molecule has 1 N–H and O–H groups in total. The second-order valence-corrected chi connectivity index (χ2v) is 6.59. The van der Waals surface area contributed by atoms with Crippen molar-refractivity contribution in [2.75, 3.05) is 13.7 Å². The van der Waals surface area contributed by atoms with Gasteiger partial charge in [-0.1, -0.05) is 24.1 Å². The second kappa shape index (κ2) is 8.24. The number of nitrogens with zero attached hydrogens (tertiary/aromatic N) is 2. The number of rotatable bonds is 7. The van der Waals surface area contributed by atoms with E-state index in [4.69, 9.17) is 14.0 Å². The molecule has 1 amide bonds. The van der Waals surface area contributed by atoms with Crippen molar-refractivity contribution < 1.29 is 18.8 Å². The van der Waals surface area contributed by atoms with Crippen molar-refractivity contribution in [2.45, 2.75) is 45.1 Å². The van der Waals surface area contributed by atoms with Gasteiger partial charge in [0.15, 0.2) is 17.3 Å². The molecule has 1 aliphatic carbocycles. The first kappa shape index (κ1) is 18.9. The first-order valence-corrected chi connectivity index (χ1v) is 9.18. The molecular weight excluding hydrogens is 346 g/mol. The summed E-state index contributed by atoms with van der Waals surface area (Å²) in [5, 5.41) is 7.12. The van der Waals surface area contributed by atoms with E-state index in [-0.39, 0.29) is 5.91 Å². The van der Waals surface area contributed by atoms with E-state index in [1.54, 1.807) is 20.1 Å². The first-order valence-electron chi connectivity index (χ1n) is 9.18. The number of carbonyl (C=O) groups is 1. The molecule has 144 valence electrons. The average Bonchev–Trinajstić information content (AvgIpc) is 3.31. The lowest BCUT2D eigenvalue weighted by molar-refractivity contribution is -0.118. The lowest BCUT2D eigenvalue weighted by Crippen LogP contribution is -2.44. The average molecular weight is 371 g/mol. The summed E-state index contributed by atoms with van der Waals surface area (Å²) in [5.41, 5.74) is 0.303. The van der Waals surface area contributed by atoms with Crippen LogP contribution in [0.5, 0.6) is 11.5 Å². The Morgan fingerprint density at radius 2 is 2.11 bits per heavy atom. The molecule has 0 radical (unpaired) electrons. The molecule has 0 unspecified atom stereocenters. The summed E-state index contributed by atoms with van der Waals surface area (Å²) in [5.74, 6) is 2.18. The maximum absolute atomic E-state index is 12.5. The number of ether oxygens (including phenoxy) is 2. The highest BCUT2D eigenvalue weighted by Crippen LogP contribution is 2.37. The van der Waals surface area contributed by atoms with E-state index >= 15 is 0 Å². The van der Waals surface area contributed by atoms with Crippen LogP contribution in [0, 0.1) is 6.92 Å². The van der Waals surface area contributed by atoms with Gasteiger partial charge in [-0.2, -0.15) is 4.98 Å². The van der Waals surface area contributed by atoms with E-state index in [0.29, 0.717) is 29.8 Å². The summed E-state index contributed by atoms with van der Waals surface area (Å²) in [6.07, 6.45) is 6.92. The summed E-state index contributed by atoms with van der Waals surface area (Å²) in [7, 11) is 1.59. The van der Waals surface area contributed by atoms with Crippen LogP contribution in [-0.4, -0.2) is 29.8 Å². The molecule has 0 bridgehead atoms. The monoisotopic (exact) mass is 371 g/mol. The van der Waals surface area contributed by atoms with Crippen LogP contribution >= 0.6 is 0 Å². The zero-order valence-electron chi connectivity index (χ0n) is 15.9. The number of hydrogen-bond donors (Lipinski definition) is 1. The molecule has 3 rings (SSSR count). The van der Waals surface area contributed by atoms with Crippen LogP contribution in [0.1, 0.15) is 49.9 Å². The molecular formula is C20H25N3O4. The van der Waals surface area contributed by atoms with Gasteiger partial charge in [-0.25, -0.2) is 0 Å². The number of hydrogen-bond acceptors (Lipinski definition) is 6. The Balaban J connectivity index is 1.72. The van der Waals surface area contributed by atoms with Gasteiger partial charge in [0, 0.05) is 13.0 Å². The molecule has 7 heteroatoms. The van der Waals surface area contributed by atoms with Crippen LogP contribution in [0.25, 0.3) is 6.08 Å². The number of nitrogens with one attached hydrogen (secondary N) is 1. The second-order valence-electron chi connectivity index (χ2n) is 6.59. The predicted molar refractivity (Wildman–Crippen MR) is 101 cm³/mol. The Morgan fingerprint density at radius 3 is 2.74 bits per heavy atom. The number of amides is 1. The van der Waals surface area contributed by atoms with Gasteiger partial charge in [-0.3, -0.25) is 4.79 Å². The molecule has 1 heterocycles. The fourth-order valence-electron chi connectivity index (χ4n) is 3.39. The van der Waals surface area contributed by atoms with Gasteiger partial charge in [0.25, 0.3) is 0 Å². The summed E-state index contributed by atoms with van der Waals surface area (Å²) >= 11 is 0. The minimum atomic E-state index is -0.546. The van der Waals surface area contributed by atoms with Crippen molar-refractivity contribution in [2.24, 2.45) is 0 Å². The van der Waals surface area contributed by atoms with Crippen LogP contribution in [-0.2, 0) is 10.3 Å². The molecule has 1 aromatic heterocycles. The van der Waals surface area contributed by atoms with E-state index in [0.717, 1.165) is 31.2 Å². The van der Waals surface area contributed by atoms with Crippen LogP contribution in [0.2, 0.25) is 0 Å². The maximum atomic E-state index is 12.5. The minimum Gasteiger partial charge on any atom is -0.493 e. The van der Waals surface area contributed by atoms with E-state index in [9.17, 15) is 4.79 Å². The van der Waals surface area contributed by atoms with Crippen molar-refractivity contribution in [3.8, 4) is 11.5 Å². The largest absolute Gasteiger partial charge is 0.493 e. The molecule has 1 saturated carbocycles. The fraction of sp³-hybridized carbons (Fsp3) is 0.450. The number of methoxy groups -OCH3 is 1. The molecule has 2 aromatic rings. The topological polar surface area (TPSA) is 86.5 Å². The van der Waals surface area contributed by atoms with Crippen molar-refractivity contribution in [1.82, 2.24) is 15.5 Å². The SMILES string of the molecule is CCOc1ccc(/C=C/C(=O)NC2(c3noc(C)n3)CCCC2)cc1OC. The molecule has 1 aliphatic rings. The highest BCUT2D eigenvalue weighted by molar-refractivity contribution is 5.92. The highest BCUT2D eigenvalue weighted by atomic mass is 16.5. The third kappa shape index (κ3) is 4.30. The Labute approximate surface area is 158 Å². The van der Waals surface area contributed by atoms with Gasteiger partial charge in [0.05, 0.1) is 13.7 Å². The molecule has 0 aliphatic heterocycles. The lowest BCUT2D eigenvalue weighted by atomic mass is 9.96. The van der Waals surface area contributed by atoms with Gasteiger partial charge >= 0.3 is 0 Å². The van der Waals surface area contributed by atoms with Crippen LogP contribution < -0.4 is 14.8 Å². The van der Waals surface area contributed by atoms with E-state index < -0.39 is 5.54 Å². The lowest BCUT2D eigenvalue weighted by Gasteiger charge is -2.25. The standard InChI is InChI=1S/C20H25N3O4/c1-4-26-16-9-7-15(13-17(16)25-3)8-10-18(24)22-20(11-5-6-12-20)19-21-14(2)27-23-19/h7-10,13H,4-6,11-12H2,1-3H3,(H,22,24)/b10-8+. The van der Waals surface area contributed by atoms with Gasteiger partial charge < -0.3 is 19.3 Å². The molecule has 0 atom stereocenters. The minimum absolute atomic E-state index is 0.188. The first-order chi connectivity index (χ1) is 13.1.